The summed E-state index contributed by atoms with van der Waals surface area (Å²) in [5.41, 5.74) is 3.70. The van der Waals surface area contributed by atoms with E-state index in [0.29, 0.717) is 44.5 Å². The number of nitrogens with one attached hydrogen (secondary N) is 1. The zero-order valence-corrected chi connectivity index (χ0v) is 16.8. The molecular weight excluding hydrogens is 413 g/mol. The van der Waals surface area contributed by atoms with Crippen LogP contribution in [0.25, 0.3) is 11.2 Å². The minimum absolute atomic E-state index is 0.399. The zero-order chi connectivity index (χ0) is 20.4. The third-order valence-electron chi connectivity index (χ3n) is 4.35. The van der Waals surface area contributed by atoms with Crippen LogP contribution in [0.3, 0.4) is 0 Å². The molecule has 0 aliphatic heterocycles. The molecule has 0 atom stereocenters. The summed E-state index contributed by atoms with van der Waals surface area (Å²) in [7, 11) is 1.34. The molecular formula is C20H15Cl2N5O2. The average Bonchev–Trinajstić information content (AvgIpc) is 3.23. The summed E-state index contributed by atoms with van der Waals surface area (Å²) in [5, 5.41) is 1.15. The number of hydrogen-bond acceptors (Lipinski definition) is 5. The number of H-pyrrole nitrogens is 1. The number of esters is 1. The third-order valence-corrected chi connectivity index (χ3v) is 5.06. The van der Waals surface area contributed by atoms with Crippen molar-refractivity contribution in [1.29, 1.82) is 0 Å². The topological polar surface area (TPSA) is 85.2 Å². The highest BCUT2D eigenvalue weighted by atomic mass is 35.5. The number of imidazole rings is 1. The molecule has 0 aliphatic rings. The van der Waals surface area contributed by atoms with E-state index in [0.717, 1.165) is 5.56 Å². The van der Waals surface area contributed by atoms with Gasteiger partial charge in [0.25, 0.3) is 0 Å². The molecule has 4 rings (SSSR count). The molecule has 0 spiro atoms. The normalized spacial score (nSPS) is 11.8. The molecule has 0 saturated carbocycles. The first-order valence-electron chi connectivity index (χ1n) is 8.61. The molecule has 0 amide bonds. The van der Waals surface area contributed by atoms with Gasteiger partial charge >= 0.3 is 5.97 Å². The summed E-state index contributed by atoms with van der Waals surface area (Å²) in [6, 6.07) is 12.1. The van der Waals surface area contributed by atoms with E-state index in [1.807, 2.05) is 4.57 Å². The van der Waals surface area contributed by atoms with Gasteiger partial charge in [-0.25, -0.2) is 19.8 Å². The van der Waals surface area contributed by atoms with Crippen molar-refractivity contribution in [3.8, 4) is 0 Å². The number of aromatic nitrogens is 4. The van der Waals surface area contributed by atoms with E-state index in [9.17, 15) is 4.79 Å². The Bertz CT molecular complexity index is 1240. The first-order chi connectivity index (χ1) is 14.1. The SMILES string of the molecule is COC(=O)c1ccc(N=c2ncn(Cc3c(Cl)cccc3Cl)c3nc[nH]c23)cc1. The fourth-order valence-corrected chi connectivity index (χ4v) is 3.40. The van der Waals surface area contributed by atoms with Crippen LogP contribution in [0.5, 0.6) is 0 Å². The second-order valence-electron chi connectivity index (χ2n) is 6.15. The van der Waals surface area contributed by atoms with Gasteiger partial charge < -0.3 is 14.3 Å². The lowest BCUT2D eigenvalue weighted by molar-refractivity contribution is 0.0601. The first-order valence-corrected chi connectivity index (χ1v) is 9.37. The maximum atomic E-state index is 11.6. The molecule has 0 aliphatic carbocycles. The monoisotopic (exact) mass is 427 g/mol. The van der Waals surface area contributed by atoms with Crippen molar-refractivity contribution in [2.24, 2.45) is 4.99 Å². The van der Waals surface area contributed by atoms with Crippen molar-refractivity contribution >= 4 is 46.0 Å². The molecule has 0 bridgehead atoms. The van der Waals surface area contributed by atoms with Gasteiger partial charge in [0.15, 0.2) is 11.1 Å². The number of benzene rings is 2. The number of fused-ring (bicyclic) bond motifs is 1. The molecule has 7 nitrogen and oxygen atoms in total. The van der Waals surface area contributed by atoms with Gasteiger partial charge in [0.05, 0.1) is 37.6 Å². The van der Waals surface area contributed by atoms with E-state index in [1.54, 1.807) is 55.1 Å². The highest BCUT2D eigenvalue weighted by molar-refractivity contribution is 6.36. The second-order valence-corrected chi connectivity index (χ2v) is 6.96. The number of nitrogens with zero attached hydrogens (tertiary/aromatic N) is 4. The molecule has 2 aromatic carbocycles. The molecule has 0 fully saturated rings. The Morgan fingerprint density at radius 2 is 1.86 bits per heavy atom. The van der Waals surface area contributed by atoms with Crippen LogP contribution >= 0.6 is 23.2 Å². The van der Waals surface area contributed by atoms with Crippen LogP contribution in [-0.4, -0.2) is 32.6 Å². The maximum absolute atomic E-state index is 11.6. The van der Waals surface area contributed by atoms with Crippen LogP contribution < -0.4 is 5.49 Å². The molecule has 2 heterocycles. The van der Waals surface area contributed by atoms with Crippen LogP contribution in [0.4, 0.5) is 5.69 Å². The van der Waals surface area contributed by atoms with Crippen molar-refractivity contribution in [2.45, 2.75) is 6.54 Å². The standard InChI is InChI=1S/C20H15Cl2N5O2/c1-29-20(28)12-5-7-13(8-6-12)26-18-17-19(24-10-23-17)27(11-25-18)9-14-15(21)3-2-4-16(14)22/h2-8,10-11H,9H2,1H3,(H,23,24). The molecule has 4 aromatic rings. The Hall–Kier alpha value is -3.16. The summed E-state index contributed by atoms with van der Waals surface area (Å²) in [6.45, 7) is 0.418. The lowest BCUT2D eigenvalue weighted by atomic mass is 10.2. The van der Waals surface area contributed by atoms with Gasteiger partial charge in [-0.3, -0.25) is 0 Å². The molecule has 9 heteroatoms. The van der Waals surface area contributed by atoms with Gasteiger partial charge in [-0.2, -0.15) is 0 Å². The fourth-order valence-electron chi connectivity index (χ4n) is 2.88. The first kappa shape index (κ1) is 19.2. The summed E-state index contributed by atoms with van der Waals surface area (Å²) in [6.07, 6.45) is 3.22. The van der Waals surface area contributed by atoms with Crippen molar-refractivity contribution in [3.05, 3.63) is 81.8 Å². The van der Waals surface area contributed by atoms with Gasteiger partial charge in [-0.05, 0) is 36.4 Å². The smallest absolute Gasteiger partial charge is 0.337 e. The van der Waals surface area contributed by atoms with Gasteiger partial charge in [-0.1, -0.05) is 29.3 Å². The number of aromatic amines is 1. The minimum atomic E-state index is -0.399. The third kappa shape index (κ3) is 3.87. The Labute approximate surface area is 175 Å². The van der Waals surface area contributed by atoms with E-state index < -0.39 is 5.97 Å². The molecule has 0 unspecified atom stereocenters. The second kappa shape index (κ2) is 8.06. The lowest BCUT2D eigenvalue weighted by Crippen LogP contribution is -2.15. The number of carbonyl (C=O) groups is 1. The van der Waals surface area contributed by atoms with E-state index in [1.165, 1.54) is 7.11 Å². The number of rotatable bonds is 4. The highest BCUT2D eigenvalue weighted by Gasteiger charge is 2.11. The fraction of sp³-hybridized carbons (Fsp3) is 0.100. The van der Waals surface area contributed by atoms with Crippen LogP contribution in [0.2, 0.25) is 10.0 Å². The van der Waals surface area contributed by atoms with Crippen molar-refractivity contribution in [3.63, 3.8) is 0 Å². The lowest BCUT2D eigenvalue weighted by Gasteiger charge is -2.10. The molecule has 0 saturated heterocycles. The molecule has 29 heavy (non-hydrogen) atoms. The van der Waals surface area contributed by atoms with Crippen LogP contribution in [0.15, 0.2) is 60.1 Å². The Morgan fingerprint density at radius 3 is 2.55 bits per heavy atom. The predicted molar refractivity (Wildman–Crippen MR) is 110 cm³/mol. The summed E-state index contributed by atoms with van der Waals surface area (Å²) < 4.78 is 6.55. The van der Waals surface area contributed by atoms with E-state index in [-0.39, 0.29) is 0 Å². The Balaban J connectivity index is 1.73. The number of ether oxygens (including phenoxy) is 1. The molecule has 146 valence electrons. The number of carbonyl (C=O) groups excluding carboxylic acids is 1. The average molecular weight is 428 g/mol. The minimum Gasteiger partial charge on any atom is -0.465 e. The van der Waals surface area contributed by atoms with Crippen LogP contribution in [-0.2, 0) is 11.3 Å². The van der Waals surface area contributed by atoms with Gasteiger partial charge in [0.1, 0.15) is 5.52 Å². The van der Waals surface area contributed by atoms with E-state index in [4.69, 9.17) is 27.9 Å². The summed E-state index contributed by atoms with van der Waals surface area (Å²) in [5.74, 6) is -0.399. The number of hydrogen-bond donors (Lipinski definition) is 1. The number of methoxy groups -OCH3 is 1. The zero-order valence-electron chi connectivity index (χ0n) is 15.3. The number of halogens is 2. The van der Waals surface area contributed by atoms with Crippen molar-refractivity contribution < 1.29 is 9.53 Å². The summed E-state index contributed by atoms with van der Waals surface area (Å²) in [4.78, 5) is 28.0. The largest absolute Gasteiger partial charge is 0.465 e. The van der Waals surface area contributed by atoms with Crippen molar-refractivity contribution in [1.82, 2.24) is 19.5 Å². The van der Waals surface area contributed by atoms with Crippen LogP contribution in [0, 0.1) is 0 Å². The quantitative estimate of drug-likeness (QED) is 0.496. The van der Waals surface area contributed by atoms with Crippen LogP contribution in [0.1, 0.15) is 15.9 Å². The van der Waals surface area contributed by atoms with Gasteiger partial charge in [-0.15, -0.1) is 0 Å². The predicted octanol–water partition coefficient (Wildman–Crippen LogP) is 4.13. The molecule has 2 aromatic heterocycles. The van der Waals surface area contributed by atoms with Gasteiger partial charge in [0.2, 0.25) is 0 Å². The Kier molecular flexibility index (Phi) is 5.33. The van der Waals surface area contributed by atoms with Gasteiger partial charge in [0, 0.05) is 15.6 Å². The highest BCUT2D eigenvalue weighted by Crippen LogP contribution is 2.25. The van der Waals surface area contributed by atoms with E-state index in [2.05, 4.69) is 19.9 Å². The Morgan fingerprint density at radius 1 is 1.14 bits per heavy atom. The molecule has 0 radical (unpaired) electrons. The summed E-state index contributed by atoms with van der Waals surface area (Å²) >= 11 is 12.6. The maximum Gasteiger partial charge on any atom is 0.337 e. The molecule has 1 N–H and O–H groups in total. The van der Waals surface area contributed by atoms with E-state index >= 15 is 0 Å². The van der Waals surface area contributed by atoms with Crippen molar-refractivity contribution in [2.75, 3.05) is 7.11 Å².